The lowest BCUT2D eigenvalue weighted by atomic mass is 10.0. The standard InChI is InChI=1S/C21H26N4O3/c26-19-4-3-18(20(27)24-19)25-13-16-11-15(1-2-17(16)21(25)28)12-23-10-7-14-5-8-22-9-6-14/h1-2,5,11,18,22-23H,3-4,6-10,12-13H2,(H,24,26,27). The van der Waals surface area contributed by atoms with E-state index in [1.165, 1.54) is 5.57 Å². The first-order valence-electron chi connectivity index (χ1n) is 9.97. The van der Waals surface area contributed by atoms with E-state index in [4.69, 9.17) is 0 Å². The highest BCUT2D eigenvalue weighted by atomic mass is 16.2. The van der Waals surface area contributed by atoms with Crippen LogP contribution in [-0.2, 0) is 22.7 Å². The van der Waals surface area contributed by atoms with Crippen LogP contribution in [0.25, 0.3) is 0 Å². The fraction of sp³-hybridized carbons (Fsp3) is 0.476. The monoisotopic (exact) mass is 382 g/mol. The highest BCUT2D eigenvalue weighted by molar-refractivity contribution is 6.05. The summed E-state index contributed by atoms with van der Waals surface area (Å²) in [5.41, 5.74) is 4.25. The molecule has 0 aliphatic carbocycles. The lowest BCUT2D eigenvalue weighted by molar-refractivity contribution is -0.136. The fourth-order valence-corrected chi connectivity index (χ4v) is 4.12. The second-order valence-corrected chi connectivity index (χ2v) is 7.63. The Morgan fingerprint density at radius 1 is 1.18 bits per heavy atom. The van der Waals surface area contributed by atoms with Gasteiger partial charge in [-0.2, -0.15) is 0 Å². The number of piperidine rings is 1. The summed E-state index contributed by atoms with van der Waals surface area (Å²) in [5, 5.41) is 9.13. The zero-order valence-electron chi connectivity index (χ0n) is 15.9. The number of carbonyl (C=O) groups is 3. The van der Waals surface area contributed by atoms with Crippen molar-refractivity contribution in [3.8, 4) is 0 Å². The SMILES string of the molecule is O=C1CCC(N2Cc3cc(CNCCC4=CCNCC4)ccc3C2=O)C(=O)N1. The molecular formula is C21H26N4O3. The maximum Gasteiger partial charge on any atom is 0.255 e. The van der Waals surface area contributed by atoms with Crippen molar-refractivity contribution in [3.05, 3.63) is 46.5 Å². The number of amides is 3. The summed E-state index contributed by atoms with van der Waals surface area (Å²) in [6.45, 7) is 4.15. The van der Waals surface area contributed by atoms with Crippen molar-refractivity contribution < 1.29 is 14.4 Å². The van der Waals surface area contributed by atoms with Crippen LogP contribution in [-0.4, -0.2) is 48.3 Å². The van der Waals surface area contributed by atoms with E-state index in [0.29, 0.717) is 18.5 Å². The molecular weight excluding hydrogens is 356 g/mol. The Morgan fingerprint density at radius 2 is 2.07 bits per heavy atom. The van der Waals surface area contributed by atoms with Crippen LogP contribution >= 0.6 is 0 Å². The highest BCUT2D eigenvalue weighted by Crippen LogP contribution is 2.28. The van der Waals surface area contributed by atoms with Crippen LogP contribution in [0.15, 0.2) is 29.8 Å². The van der Waals surface area contributed by atoms with Gasteiger partial charge in [-0.3, -0.25) is 19.7 Å². The van der Waals surface area contributed by atoms with Gasteiger partial charge in [-0.05, 0) is 49.5 Å². The lowest BCUT2D eigenvalue weighted by Gasteiger charge is -2.29. The number of carbonyl (C=O) groups excluding carboxylic acids is 3. The van der Waals surface area contributed by atoms with Crippen LogP contribution in [0.2, 0.25) is 0 Å². The Balaban J connectivity index is 1.34. The van der Waals surface area contributed by atoms with Gasteiger partial charge in [0.05, 0.1) is 0 Å². The summed E-state index contributed by atoms with van der Waals surface area (Å²) >= 11 is 0. The smallest absolute Gasteiger partial charge is 0.255 e. The third kappa shape index (κ3) is 4.00. The van der Waals surface area contributed by atoms with E-state index in [0.717, 1.165) is 50.1 Å². The molecule has 0 radical (unpaired) electrons. The van der Waals surface area contributed by atoms with Gasteiger partial charge in [0.2, 0.25) is 11.8 Å². The molecule has 3 heterocycles. The number of rotatable bonds is 6. The molecule has 7 nitrogen and oxygen atoms in total. The van der Waals surface area contributed by atoms with E-state index in [1.807, 2.05) is 12.1 Å². The first kappa shape index (κ1) is 18.8. The predicted molar refractivity (Wildman–Crippen MR) is 104 cm³/mol. The summed E-state index contributed by atoms with van der Waals surface area (Å²) in [6.07, 6.45) is 5.13. The topological polar surface area (TPSA) is 90.5 Å². The van der Waals surface area contributed by atoms with Crippen molar-refractivity contribution in [1.82, 2.24) is 20.9 Å². The van der Waals surface area contributed by atoms with Crippen molar-refractivity contribution in [2.45, 2.75) is 44.8 Å². The van der Waals surface area contributed by atoms with Gasteiger partial charge >= 0.3 is 0 Å². The Labute approximate surface area is 164 Å². The normalized spacial score (nSPS) is 22.1. The molecule has 1 fully saturated rings. The van der Waals surface area contributed by atoms with E-state index in [-0.39, 0.29) is 24.1 Å². The quantitative estimate of drug-likeness (QED) is 0.385. The highest BCUT2D eigenvalue weighted by Gasteiger charge is 2.38. The van der Waals surface area contributed by atoms with Gasteiger partial charge in [0, 0.05) is 31.6 Å². The number of fused-ring (bicyclic) bond motifs is 1. The van der Waals surface area contributed by atoms with E-state index in [9.17, 15) is 14.4 Å². The first-order valence-corrected chi connectivity index (χ1v) is 9.97. The Bertz CT molecular complexity index is 833. The maximum absolute atomic E-state index is 12.7. The molecule has 1 saturated heterocycles. The molecule has 0 spiro atoms. The molecule has 0 aromatic heterocycles. The molecule has 0 saturated carbocycles. The van der Waals surface area contributed by atoms with Gasteiger partial charge in [0.25, 0.3) is 5.91 Å². The molecule has 3 aliphatic heterocycles. The number of hydrogen-bond acceptors (Lipinski definition) is 5. The van der Waals surface area contributed by atoms with E-state index >= 15 is 0 Å². The molecule has 4 rings (SSSR count). The van der Waals surface area contributed by atoms with E-state index < -0.39 is 6.04 Å². The average Bonchev–Trinajstić information content (AvgIpc) is 3.02. The van der Waals surface area contributed by atoms with E-state index in [1.54, 1.807) is 4.90 Å². The van der Waals surface area contributed by atoms with Crippen molar-refractivity contribution in [2.75, 3.05) is 19.6 Å². The summed E-state index contributed by atoms with van der Waals surface area (Å²) < 4.78 is 0. The van der Waals surface area contributed by atoms with Gasteiger partial charge in [-0.1, -0.05) is 23.8 Å². The number of hydrogen-bond donors (Lipinski definition) is 3. The summed E-state index contributed by atoms with van der Waals surface area (Å²) in [7, 11) is 0. The van der Waals surface area contributed by atoms with Gasteiger partial charge in [-0.25, -0.2) is 0 Å². The Morgan fingerprint density at radius 3 is 2.86 bits per heavy atom. The van der Waals surface area contributed by atoms with Crippen molar-refractivity contribution >= 4 is 17.7 Å². The van der Waals surface area contributed by atoms with Crippen LogP contribution < -0.4 is 16.0 Å². The lowest BCUT2D eigenvalue weighted by Crippen LogP contribution is -2.52. The maximum atomic E-state index is 12.7. The summed E-state index contributed by atoms with van der Waals surface area (Å²) in [4.78, 5) is 37.8. The number of nitrogens with one attached hydrogen (secondary N) is 3. The minimum absolute atomic E-state index is 0.123. The van der Waals surface area contributed by atoms with Gasteiger partial charge in [-0.15, -0.1) is 0 Å². The molecule has 3 aliphatic rings. The van der Waals surface area contributed by atoms with Crippen LogP contribution in [0, 0.1) is 0 Å². The number of imide groups is 1. The minimum atomic E-state index is -0.558. The largest absolute Gasteiger partial charge is 0.322 e. The van der Waals surface area contributed by atoms with Crippen LogP contribution in [0.3, 0.4) is 0 Å². The molecule has 1 atom stereocenters. The minimum Gasteiger partial charge on any atom is -0.322 e. The molecule has 3 amide bonds. The number of benzene rings is 1. The second-order valence-electron chi connectivity index (χ2n) is 7.63. The Hall–Kier alpha value is -2.51. The van der Waals surface area contributed by atoms with Crippen LogP contribution in [0.1, 0.15) is 47.2 Å². The van der Waals surface area contributed by atoms with Crippen molar-refractivity contribution in [1.29, 1.82) is 0 Å². The van der Waals surface area contributed by atoms with Gasteiger partial charge in [0.15, 0.2) is 0 Å². The summed E-state index contributed by atoms with van der Waals surface area (Å²) in [6, 6.07) is 5.32. The molecule has 148 valence electrons. The van der Waals surface area contributed by atoms with Gasteiger partial charge in [0.1, 0.15) is 6.04 Å². The molecule has 1 aromatic carbocycles. The average molecular weight is 382 g/mol. The zero-order valence-corrected chi connectivity index (χ0v) is 15.9. The molecule has 3 N–H and O–H groups in total. The predicted octanol–water partition coefficient (Wildman–Crippen LogP) is 0.847. The van der Waals surface area contributed by atoms with E-state index in [2.05, 4.69) is 28.1 Å². The molecule has 0 bridgehead atoms. The first-order chi connectivity index (χ1) is 13.6. The molecule has 1 aromatic rings. The van der Waals surface area contributed by atoms with Crippen molar-refractivity contribution in [2.24, 2.45) is 0 Å². The molecule has 1 unspecified atom stereocenters. The number of nitrogens with zero attached hydrogens (tertiary/aromatic N) is 1. The van der Waals surface area contributed by atoms with Crippen LogP contribution in [0.4, 0.5) is 0 Å². The third-order valence-corrected chi connectivity index (χ3v) is 5.70. The molecule has 28 heavy (non-hydrogen) atoms. The van der Waals surface area contributed by atoms with Crippen LogP contribution in [0.5, 0.6) is 0 Å². The Kier molecular flexibility index (Phi) is 5.54. The van der Waals surface area contributed by atoms with Crippen molar-refractivity contribution in [3.63, 3.8) is 0 Å². The zero-order chi connectivity index (χ0) is 19.5. The molecule has 7 heteroatoms. The second kappa shape index (κ2) is 8.24. The van der Waals surface area contributed by atoms with Gasteiger partial charge < -0.3 is 15.5 Å². The fourth-order valence-electron chi connectivity index (χ4n) is 4.12. The summed E-state index contributed by atoms with van der Waals surface area (Å²) in [5.74, 6) is -0.757. The third-order valence-electron chi connectivity index (χ3n) is 5.70.